The second kappa shape index (κ2) is 44.6. The second-order valence-corrected chi connectivity index (χ2v) is 7.72. The van der Waals surface area contributed by atoms with Crippen LogP contribution in [0.2, 0.25) is 0 Å². The molecule has 0 amide bonds. The Labute approximate surface area is 266 Å². The molecule has 0 aromatic heterocycles. The van der Waals surface area contributed by atoms with Gasteiger partial charge in [0, 0.05) is 18.6 Å². The zero-order valence-electron chi connectivity index (χ0n) is 26.4. The first kappa shape index (κ1) is 50.8. The van der Waals surface area contributed by atoms with Gasteiger partial charge >= 0.3 is 11.9 Å². The van der Waals surface area contributed by atoms with E-state index in [4.69, 9.17) is 44.8 Å². The summed E-state index contributed by atoms with van der Waals surface area (Å²) in [6.45, 7) is 22.1. The Hall–Kier alpha value is -2.80. The van der Waals surface area contributed by atoms with Crippen LogP contribution in [-0.2, 0) is 49.6 Å². The molecule has 0 saturated heterocycles. The Kier molecular flexibility index (Phi) is 51.5. The van der Waals surface area contributed by atoms with Crippen molar-refractivity contribution >= 4 is 11.9 Å². The minimum Gasteiger partial charge on any atom is -0.455 e. The van der Waals surface area contributed by atoms with E-state index in [0.717, 1.165) is 37.8 Å². The molecule has 0 aliphatic rings. The third kappa shape index (κ3) is 43.7. The molecule has 11 heteroatoms. The molecule has 1 aromatic rings. The Morgan fingerprint density at radius 2 is 1.09 bits per heavy atom. The average Bonchev–Trinajstić information content (AvgIpc) is 3.00. The summed E-state index contributed by atoms with van der Waals surface area (Å²) in [5, 5.41) is 44.1. The second-order valence-electron chi connectivity index (χ2n) is 7.72. The fourth-order valence-corrected chi connectivity index (χ4v) is 2.68. The highest BCUT2D eigenvalue weighted by Crippen LogP contribution is 2.27. The fourth-order valence-electron chi connectivity index (χ4n) is 2.68. The van der Waals surface area contributed by atoms with Crippen molar-refractivity contribution in [3.63, 3.8) is 0 Å². The topological polar surface area (TPSA) is 171 Å². The molecule has 1 rings (SSSR count). The van der Waals surface area contributed by atoms with Gasteiger partial charge in [0.15, 0.2) is 6.61 Å². The predicted octanol–water partition coefficient (Wildman–Crippen LogP) is 6.55. The van der Waals surface area contributed by atoms with Gasteiger partial charge in [0.25, 0.3) is 5.79 Å². The lowest BCUT2D eigenvalue weighted by atomic mass is 10.0. The molecule has 11 nitrogen and oxygen atoms in total. The number of para-hydroxylation sites is 1. The highest BCUT2D eigenvalue weighted by atomic mass is 17.2. The maximum atomic E-state index is 11.6. The number of rotatable bonds is 16. The van der Waals surface area contributed by atoms with Gasteiger partial charge in [-0.25, -0.2) is 35.1 Å². The highest BCUT2D eigenvalue weighted by Gasteiger charge is 2.38. The van der Waals surface area contributed by atoms with Gasteiger partial charge in [-0.1, -0.05) is 76.8 Å². The first-order valence-electron chi connectivity index (χ1n) is 14.0. The van der Waals surface area contributed by atoms with Crippen LogP contribution < -0.4 is 4.74 Å². The van der Waals surface area contributed by atoms with Crippen molar-refractivity contribution in [1.29, 1.82) is 0 Å². The maximum Gasteiger partial charge on any atom is 0.365 e. The molecule has 0 heterocycles. The molecule has 10 radical (unpaired) electrons. The van der Waals surface area contributed by atoms with E-state index in [2.05, 4.69) is 54.7 Å². The smallest absolute Gasteiger partial charge is 0.365 e. The van der Waals surface area contributed by atoms with Crippen molar-refractivity contribution in [2.24, 2.45) is 0 Å². The van der Waals surface area contributed by atoms with Gasteiger partial charge in [-0.05, 0) is 53.2 Å². The number of benzene rings is 1. The summed E-state index contributed by atoms with van der Waals surface area (Å²) in [6, 6.07) is 8.95. The number of hydrogen-bond acceptors (Lipinski definition) is 6. The van der Waals surface area contributed by atoms with Crippen LogP contribution in [0, 0.1) is 34.6 Å². The lowest BCUT2D eigenvalue weighted by Gasteiger charge is -2.31. The largest absolute Gasteiger partial charge is 0.455 e. The van der Waals surface area contributed by atoms with Crippen LogP contribution in [-0.4, -0.2) is 57.4 Å². The lowest BCUT2D eigenvalue weighted by molar-refractivity contribution is -0.390. The Morgan fingerprint density at radius 3 is 1.50 bits per heavy atom. The van der Waals surface area contributed by atoms with Crippen LogP contribution in [0.15, 0.2) is 55.6 Å². The number of unbranched alkanes of at least 4 members (excludes halogenated alkanes) is 6. The van der Waals surface area contributed by atoms with E-state index in [0.29, 0.717) is 12.2 Å². The summed E-state index contributed by atoms with van der Waals surface area (Å²) in [5.74, 6) is -2.35. The van der Waals surface area contributed by atoms with Crippen molar-refractivity contribution in [3.05, 3.63) is 90.3 Å². The zero-order chi connectivity index (χ0) is 34.9. The monoisotopic (exact) mass is 624 g/mol. The SMILES string of the molecule is C=CC(=O)OCC(CCCCCCCCC)(OOC(=O)C=C)Oc1ccccc1.[CH2]C[O].[CH2]C[O].[CH2]C[O].[CH2]C[O].[CH2]C[O]. The van der Waals surface area contributed by atoms with Crippen LogP contribution >= 0.6 is 0 Å². The summed E-state index contributed by atoms with van der Waals surface area (Å²) in [5.41, 5.74) is 0. The quantitative estimate of drug-likeness (QED) is 0.0504. The number of carbonyl (C=O) groups is 2. The molecule has 1 unspecified atom stereocenters. The zero-order valence-corrected chi connectivity index (χ0v) is 26.4. The van der Waals surface area contributed by atoms with E-state index in [1.807, 2.05) is 6.07 Å². The fraction of sp³-hybridized carbons (Fsp3) is 0.485. The number of ether oxygens (including phenoxy) is 2. The summed E-state index contributed by atoms with van der Waals surface area (Å²) in [6.07, 6.45) is 10.0. The van der Waals surface area contributed by atoms with Gasteiger partial charge < -0.3 is 9.47 Å². The third-order valence-electron chi connectivity index (χ3n) is 4.25. The molecular weight excluding hydrogens is 572 g/mol. The molecule has 0 bridgehead atoms. The van der Waals surface area contributed by atoms with Crippen molar-refractivity contribution < 1.29 is 54.4 Å². The molecule has 0 spiro atoms. The van der Waals surface area contributed by atoms with E-state index in [1.165, 1.54) is 19.3 Å². The van der Waals surface area contributed by atoms with Crippen LogP contribution in [0.1, 0.15) is 58.3 Å². The van der Waals surface area contributed by atoms with Crippen molar-refractivity contribution in [1.82, 2.24) is 0 Å². The van der Waals surface area contributed by atoms with Crippen molar-refractivity contribution in [3.8, 4) is 5.75 Å². The standard InChI is InChI=1S/C23H32O6.5C2H4O/c1-4-7-8-9-10-11-15-18-23(19-26-21(24)5-2,29-28-22(25)6-3)27-20-16-13-12-14-17-20;5*1-2-3/h5-6,12-14,16-17H,2-4,7-11,15,18-19H2,1H3;5*1-2H2. The molecule has 0 N–H and O–H groups in total. The molecule has 0 fully saturated rings. The molecular formula is C33H52O11. The maximum absolute atomic E-state index is 11.6. The van der Waals surface area contributed by atoms with E-state index in [1.54, 1.807) is 24.3 Å². The normalized spacial score (nSPS) is 10.2. The minimum atomic E-state index is -1.47. The molecule has 1 aromatic carbocycles. The number of carbonyl (C=O) groups excluding carboxylic acids is 2. The average molecular weight is 625 g/mol. The molecule has 250 valence electrons. The van der Waals surface area contributed by atoms with Crippen molar-refractivity contribution in [2.75, 3.05) is 39.6 Å². The predicted molar refractivity (Wildman–Crippen MR) is 165 cm³/mol. The molecule has 1 atom stereocenters. The number of hydrogen-bond donors (Lipinski definition) is 0. The first-order valence-corrected chi connectivity index (χ1v) is 14.0. The van der Waals surface area contributed by atoms with E-state index in [-0.39, 0.29) is 39.6 Å². The van der Waals surface area contributed by atoms with Crippen molar-refractivity contribution in [2.45, 2.75) is 64.1 Å². The Balaban J connectivity index is -0.000000283. The summed E-state index contributed by atoms with van der Waals surface area (Å²) in [4.78, 5) is 33.3. The third-order valence-corrected chi connectivity index (χ3v) is 4.25. The van der Waals surface area contributed by atoms with Crippen LogP contribution in [0.5, 0.6) is 5.75 Å². The first-order chi connectivity index (χ1) is 21.1. The van der Waals surface area contributed by atoms with E-state index >= 15 is 0 Å². The van der Waals surface area contributed by atoms with Gasteiger partial charge in [-0.2, -0.15) is 0 Å². The molecule has 0 aliphatic heterocycles. The summed E-state index contributed by atoms with van der Waals surface area (Å²) in [7, 11) is 0. The van der Waals surface area contributed by atoms with E-state index < -0.39 is 17.7 Å². The highest BCUT2D eigenvalue weighted by molar-refractivity contribution is 5.81. The van der Waals surface area contributed by atoms with Crippen LogP contribution in [0.4, 0.5) is 0 Å². The molecule has 44 heavy (non-hydrogen) atoms. The van der Waals surface area contributed by atoms with E-state index in [9.17, 15) is 9.59 Å². The van der Waals surface area contributed by atoms with Gasteiger partial charge in [-0.3, -0.25) is 4.89 Å². The minimum absolute atomic E-state index is 0.250. The van der Waals surface area contributed by atoms with Gasteiger partial charge in [0.1, 0.15) is 5.75 Å². The van der Waals surface area contributed by atoms with Crippen LogP contribution in [0.25, 0.3) is 0 Å². The summed E-state index contributed by atoms with van der Waals surface area (Å²) >= 11 is 0. The van der Waals surface area contributed by atoms with Gasteiger partial charge in [0.05, 0.1) is 33.0 Å². The summed E-state index contributed by atoms with van der Waals surface area (Å²) < 4.78 is 11.2. The lowest BCUT2D eigenvalue weighted by Crippen LogP contribution is -2.45. The molecule has 0 aliphatic carbocycles. The van der Waals surface area contributed by atoms with Gasteiger partial charge in [-0.15, -0.1) is 4.89 Å². The Morgan fingerprint density at radius 1 is 0.682 bits per heavy atom. The van der Waals surface area contributed by atoms with Crippen LogP contribution in [0.3, 0.4) is 0 Å². The number of esters is 1. The Bertz CT molecular complexity index is 677. The molecule has 0 saturated carbocycles. The van der Waals surface area contributed by atoms with Gasteiger partial charge in [0.2, 0.25) is 0 Å².